The molecule has 0 unspecified atom stereocenters. The molecule has 0 fully saturated rings. The molecule has 9 nitrogen and oxygen atoms in total. The SMILES string of the molecule is NS(=O)(=O)c1ccc(-n2c(SCC(=O)Nc3cccnc3Cl)nc3cc4ccccc4cc3c2=O)cc1. The second-order valence-corrected chi connectivity index (χ2v) is 10.8. The number of aromatic nitrogens is 3. The third-order valence-corrected chi connectivity index (χ3v) is 7.66. The Balaban J connectivity index is 1.59. The molecule has 3 aromatic carbocycles. The zero-order valence-corrected chi connectivity index (χ0v) is 21.3. The van der Waals surface area contributed by atoms with Crippen LogP contribution >= 0.6 is 23.4 Å². The first-order valence-corrected chi connectivity index (χ1v) is 13.7. The highest BCUT2D eigenvalue weighted by Crippen LogP contribution is 2.26. The number of fused-ring (bicyclic) bond motifs is 2. The number of thioether (sulfide) groups is 1. The van der Waals surface area contributed by atoms with Gasteiger partial charge in [0.2, 0.25) is 15.9 Å². The van der Waals surface area contributed by atoms with Crippen LogP contribution < -0.4 is 16.0 Å². The summed E-state index contributed by atoms with van der Waals surface area (Å²) in [6.45, 7) is 0. The van der Waals surface area contributed by atoms with E-state index >= 15 is 0 Å². The van der Waals surface area contributed by atoms with Gasteiger partial charge in [-0.2, -0.15) is 0 Å². The van der Waals surface area contributed by atoms with Gasteiger partial charge in [0.05, 0.1) is 32.9 Å². The van der Waals surface area contributed by atoms with Crippen molar-refractivity contribution in [2.45, 2.75) is 10.1 Å². The normalized spacial score (nSPS) is 11.6. The number of carbonyl (C=O) groups excluding carboxylic acids is 1. The minimum absolute atomic E-state index is 0.0774. The highest BCUT2D eigenvalue weighted by atomic mass is 35.5. The molecule has 0 bridgehead atoms. The van der Waals surface area contributed by atoms with Crippen LogP contribution in [0.15, 0.2) is 93.8 Å². The molecular weight excluding hydrogens is 534 g/mol. The Morgan fingerprint density at radius 2 is 1.73 bits per heavy atom. The monoisotopic (exact) mass is 551 g/mol. The minimum Gasteiger partial charge on any atom is -0.323 e. The first-order chi connectivity index (χ1) is 17.7. The first-order valence-electron chi connectivity index (χ1n) is 10.8. The molecule has 2 aromatic heterocycles. The van der Waals surface area contributed by atoms with Gasteiger partial charge in [-0.1, -0.05) is 47.6 Å². The fraction of sp³-hybridized carbons (Fsp3) is 0.0400. The lowest BCUT2D eigenvalue weighted by molar-refractivity contribution is -0.113. The van der Waals surface area contributed by atoms with Gasteiger partial charge in [0.1, 0.15) is 0 Å². The van der Waals surface area contributed by atoms with Crippen molar-refractivity contribution in [2.75, 3.05) is 11.1 Å². The Morgan fingerprint density at radius 1 is 1.03 bits per heavy atom. The fourth-order valence-electron chi connectivity index (χ4n) is 3.76. The molecule has 0 saturated heterocycles. The molecule has 0 radical (unpaired) electrons. The number of primary sulfonamides is 1. The maximum Gasteiger partial charge on any atom is 0.266 e. The molecule has 0 aliphatic heterocycles. The minimum atomic E-state index is -3.91. The van der Waals surface area contributed by atoms with E-state index in [9.17, 15) is 18.0 Å². The predicted molar refractivity (Wildman–Crippen MR) is 145 cm³/mol. The first kappa shape index (κ1) is 24.9. The van der Waals surface area contributed by atoms with Gasteiger partial charge in [-0.25, -0.2) is 23.5 Å². The maximum absolute atomic E-state index is 13.7. The van der Waals surface area contributed by atoms with Crippen molar-refractivity contribution in [2.24, 2.45) is 5.14 Å². The molecule has 0 saturated carbocycles. The van der Waals surface area contributed by atoms with Crippen molar-refractivity contribution in [3.05, 3.63) is 94.5 Å². The summed E-state index contributed by atoms with van der Waals surface area (Å²) in [5.74, 6) is -0.449. The van der Waals surface area contributed by atoms with Gasteiger partial charge in [-0.05, 0) is 59.3 Å². The quantitative estimate of drug-likeness (QED) is 0.141. The molecule has 5 aromatic rings. The number of nitrogens with zero attached hydrogens (tertiary/aromatic N) is 3. The van der Waals surface area contributed by atoms with Crippen LogP contribution in [0.2, 0.25) is 5.15 Å². The van der Waals surface area contributed by atoms with Crippen LogP contribution in [-0.2, 0) is 14.8 Å². The predicted octanol–water partition coefficient (Wildman–Crippen LogP) is 3.97. The van der Waals surface area contributed by atoms with Crippen molar-refractivity contribution in [3.63, 3.8) is 0 Å². The molecule has 0 spiro atoms. The molecule has 2 heterocycles. The molecule has 0 aliphatic carbocycles. The number of benzene rings is 3. The molecule has 5 rings (SSSR count). The molecule has 0 aliphatic rings. The number of halogens is 1. The number of pyridine rings is 1. The summed E-state index contributed by atoms with van der Waals surface area (Å²) in [6.07, 6.45) is 1.51. The number of sulfonamides is 1. The summed E-state index contributed by atoms with van der Waals surface area (Å²) in [5.41, 5.74) is 0.846. The van der Waals surface area contributed by atoms with Gasteiger partial charge in [0.15, 0.2) is 10.3 Å². The van der Waals surface area contributed by atoms with Crippen molar-refractivity contribution in [1.82, 2.24) is 14.5 Å². The maximum atomic E-state index is 13.7. The number of carbonyl (C=O) groups is 1. The van der Waals surface area contributed by atoms with Gasteiger partial charge in [-0.15, -0.1) is 0 Å². The van der Waals surface area contributed by atoms with Gasteiger partial charge in [0, 0.05) is 6.20 Å². The Morgan fingerprint density at radius 3 is 2.41 bits per heavy atom. The van der Waals surface area contributed by atoms with E-state index in [4.69, 9.17) is 21.7 Å². The lowest BCUT2D eigenvalue weighted by atomic mass is 10.1. The summed E-state index contributed by atoms with van der Waals surface area (Å²) < 4.78 is 24.7. The van der Waals surface area contributed by atoms with Crippen LogP contribution in [0.3, 0.4) is 0 Å². The van der Waals surface area contributed by atoms with E-state index in [2.05, 4.69) is 10.3 Å². The highest BCUT2D eigenvalue weighted by molar-refractivity contribution is 7.99. The van der Waals surface area contributed by atoms with Crippen molar-refractivity contribution >= 4 is 66.7 Å². The number of amides is 1. The molecule has 3 N–H and O–H groups in total. The molecule has 1 amide bonds. The smallest absolute Gasteiger partial charge is 0.266 e. The third kappa shape index (κ3) is 5.20. The Bertz CT molecular complexity index is 1840. The van der Waals surface area contributed by atoms with Crippen molar-refractivity contribution < 1.29 is 13.2 Å². The Labute approximate surface area is 220 Å². The average molecular weight is 552 g/mol. The lowest BCUT2D eigenvalue weighted by Gasteiger charge is -2.14. The average Bonchev–Trinajstić information content (AvgIpc) is 2.87. The summed E-state index contributed by atoms with van der Waals surface area (Å²) in [5, 5.41) is 10.5. The number of hydrogen-bond donors (Lipinski definition) is 2. The zero-order valence-electron chi connectivity index (χ0n) is 19.0. The van der Waals surface area contributed by atoms with Gasteiger partial charge < -0.3 is 5.32 Å². The van der Waals surface area contributed by atoms with Crippen LogP contribution in [0.25, 0.3) is 27.4 Å². The lowest BCUT2D eigenvalue weighted by Crippen LogP contribution is -2.23. The van der Waals surface area contributed by atoms with Crippen LogP contribution in [-0.4, -0.2) is 34.6 Å². The van der Waals surface area contributed by atoms with E-state index in [0.717, 1.165) is 22.5 Å². The molecular formula is C25H18ClN5O4S2. The molecule has 186 valence electrons. The number of nitrogens with two attached hydrogens (primary N) is 1. The third-order valence-electron chi connectivity index (χ3n) is 5.49. The second-order valence-electron chi connectivity index (χ2n) is 7.97. The zero-order chi connectivity index (χ0) is 26.2. The summed E-state index contributed by atoms with van der Waals surface area (Å²) in [7, 11) is -3.91. The van der Waals surface area contributed by atoms with Gasteiger partial charge in [-0.3, -0.25) is 14.2 Å². The molecule has 0 atom stereocenters. The topological polar surface area (TPSA) is 137 Å². The summed E-state index contributed by atoms with van der Waals surface area (Å²) in [6, 6.07) is 20.0. The van der Waals surface area contributed by atoms with E-state index in [0.29, 0.717) is 22.3 Å². The van der Waals surface area contributed by atoms with E-state index in [-0.39, 0.29) is 32.4 Å². The number of anilines is 1. The number of hydrogen-bond acceptors (Lipinski definition) is 7. The summed E-state index contributed by atoms with van der Waals surface area (Å²) in [4.78, 5) is 34.9. The Kier molecular flexibility index (Phi) is 6.69. The van der Waals surface area contributed by atoms with E-state index < -0.39 is 10.0 Å². The summed E-state index contributed by atoms with van der Waals surface area (Å²) >= 11 is 7.08. The van der Waals surface area contributed by atoms with E-state index in [1.54, 1.807) is 18.2 Å². The Hall–Kier alpha value is -3.77. The largest absolute Gasteiger partial charge is 0.323 e. The van der Waals surface area contributed by atoms with E-state index in [1.807, 2.05) is 30.3 Å². The van der Waals surface area contributed by atoms with Crippen molar-refractivity contribution in [3.8, 4) is 5.69 Å². The van der Waals surface area contributed by atoms with Crippen LogP contribution in [0.4, 0.5) is 5.69 Å². The molecule has 37 heavy (non-hydrogen) atoms. The fourth-order valence-corrected chi connectivity index (χ4v) is 5.25. The van der Waals surface area contributed by atoms with Crippen LogP contribution in [0.1, 0.15) is 0 Å². The van der Waals surface area contributed by atoms with Gasteiger partial charge in [0.25, 0.3) is 5.56 Å². The highest BCUT2D eigenvalue weighted by Gasteiger charge is 2.17. The van der Waals surface area contributed by atoms with E-state index in [1.165, 1.54) is 35.0 Å². The second kappa shape index (κ2) is 9.94. The number of nitrogens with one attached hydrogen (secondary N) is 1. The van der Waals surface area contributed by atoms with Crippen LogP contribution in [0.5, 0.6) is 0 Å². The van der Waals surface area contributed by atoms with Crippen LogP contribution in [0, 0.1) is 0 Å². The standard InChI is InChI=1S/C25H18ClN5O4S2/c26-23-20(6-3-11-28-23)29-22(32)14-36-25-30-21-13-16-5-2-1-4-15(16)12-19(21)24(33)31(25)17-7-9-18(10-8-17)37(27,34)35/h1-13H,14H2,(H,29,32)(H2,27,34,35). The number of rotatable bonds is 6. The van der Waals surface area contributed by atoms with Gasteiger partial charge >= 0.3 is 0 Å². The van der Waals surface area contributed by atoms with Crippen molar-refractivity contribution in [1.29, 1.82) is 0 Å². The molecule has 12 heteroatoms.